The van der Waals surface area contributed by atoms with E-state index in [0.717, 1.165) is 15.8 Å². The van der Waals surface area contributed by atoms with Gasteiger partial charge in [0.1, 0.15) is 12.4 Å². The Morgan fingerprint density at radius 3 is 2.56 bits per heavy atom. The average molecular weight is 304 g/mol. The smallest absolute Gasteiger partial charge is 0.137 e. The van der Waals surface area contributed by atoms with Gasteiger partial charge in [-0.1, -0.05) is 45.0 Å². The van der Waals surface area contributed by atoms with Crippen LogP contribution in [0, 0.1) is 0 Å². The van der Waals surface area contributed by atoms with Crippen molar-refractivity contribution in [2.24, 2.45) is 0 Å². The van der Waals surface area contributed by atoms with Crippen LogP contribution >= 0.6 is 27.5 Å². The van der Waals surface area contributed by atoms with E-state index < -0.39 is 0 Å². The van der Waals surface area contributed by atoms with E-state index in [4.69, 9.17) is 16.3 Å². The van der Waals surface area contributed by atoms with Crippen molar-refractivity contribution in [3.8, 4) is 5.75 Å². The number of halogens is 2. The minimum absolute atomic E-state index is 0.01000. The summed E-state index contributed by atoms with van der Waals surface area (Å²) in [6.45, 7) is 10.5. The van der Waals surface area contributed by atoms with Gasteiger partial charge in [-0.05, 0) is 33.5 Å². The Labute approximate surface area is 111 Å². The van der Waals surface area contributed by atoms with Crippen LogP contribution in [0.25, 0.3) is 0 Å². The van der Waals surface area contributed by atoms with Gasteiger partial charge in [0.15, 0.2) is 0 Å². The van der Waals surface area contributed by atoms with Crippen molar-refractivity contribution in [3.63, 3.8) is 0 Å². The Morgan fingerprint density at radius 1 is 1.44 bits per heavy atom. The van der Waals surface area contributed by atoms with Crippen LogP contribution in [0.3, 0.4) is 0 Å². The van der Waals surface area contributed by atoms with E-state index in [0.29, 0.717) is 11.6 Å². The molecule has 0 saturated carbocycles. The maximum absolute atomic E-state index is 6.06. The summed E-state index contributed by atoms with van der Waals surface area (Å²) >= 11 is 9.53. The van der Waals surface area contributed by atoms with Crippen LogP contribution in [0.2, 0.25) is 5.02 Å². The predicted octanol–water partition coefficient (Wildman–Crippen LogP) is 4.96. The largest absolute Gasteiger partial charge is 0.488 e. The lowest BCUT2D eigenvalue weighted by molar-refractivity contribution is 0.349. The van der Waals surface area contributed by atoms with Gasteiger partial charge in [0.25, 0.3) is 0 Å². The number of benzene rings is 1. The lowest BCUT2D eigenvalue weighted by atomic mass is 9.86. The Balaban J connectivity index is 3.26. The second-order valence-corrected chi connectivity index (χ2v) is 5.90. The molecule has 0 heterocycles. The molecular formula is C13H16BrClO. The molecule has 1 aromatic carbocycles. The number of rotatable bonds is 3. The van der Waals surface area contributed by atoms with Crippen LogP contribution < -0.4 is 4.74 Å². The van der Waals surface area contributed by atoms with Gasteiger partial charge in [-0.25, -0.2) is 0 Å². The summed E-state index contributed by atoms with van der Waals surface area (Å²) in [7, 11) is 0. The molecule has 0 aromatic heterocycles. The molecule has 1 aromatic rings. The Hall–Kier alpha value is -0.470. The fourth-order valence-corrected chi connectivity index (χ4v) is 2.33. The molecule has 0 spiro atoms. The summed E-state index contributed by atoms with van der Waals surface area (Å²) in [5.41, 5.74) is 1.08. The molecule has 3 heteroatoms. The highest BCUT2D eigenvalue weighted by atomic mass is 79.9. The summed E-state index contributed by atoms with van der Waals surface area (Å²) in [5, 5.41) is 0.711. The Kier molecular flexibility index (Phi) is 4.45. The number of hydrogen-bond acceptors (Lipinski definition) is 1. The van der Waals surface area contributed by atoms with Gasteiger partial charge in [0.05, 0.1) is 4.47 Å². The molecule has 1 nitrogen and oxygen atoms in total. The first-order chi connectivity index (χ1) is 7.36. The third kappa shape index (κ3) is 3.26. The van der Waals surface area contributed by atoms with E-state index >= 15 is 0 Å². The first-order valence-electron chi connectivity index (χ1n) is 5.09. The van der Waals surface area contributed by atoms with Crippen molar-refractivity contribution >= 4 is 27.5 Å². The Morgan fingerprint density at radius 2 is 2.06 bits per heavy atom. The van der Waals surface area contributed by atoms with E-state index in [9.17, 15) is 0 Å². The maximum atomic E-state index is 6.06. The van der Waals surface area contributed by atoms with Crippen LogP contribution in [0.5, 0.6) is 5.75 Å². The zero-order valence-corrected chi connectivity index (χ0v) is 12.2. The monoisotopic (exact) mass is 302 g/mol. The maximum Gasteiger partial charge on any atom is 0.137 e. The van der Waals surface area contributed by atoms with Crippen molar-refractivity contribution in [2.75, 3.05) is 6.61 Å². The third-order valence-electron chi connectivity index (χ3n) is 2.16. The summed E-state index contributed by atoms with van der Waals surface area (Å²) in [4.78, 5) is 0. The molecule has 0 amide bonds. The topological polar surface area (TPSA) is 9.23 Å². The zero-order chi connectivity index (χ0) is 12.3. The van der Waals surface area contributed by atoms with Crippen LogP contribution in [0.1, 0.15) is 26.3 Å². The van der Waals surface area contributed by atoms with Crippen LogP contribution in [0.4, 0.5) is 0 Å². The van der Waals surface area contributed by atoms with Crippen molar-refractivity contribution in [2.45, 2.75) is 26.2 Å². The van der Waals surface area contributed by atoms with Gasteiger partial charge in [-0.2, -0.15) is 0 Å². The third-order valence-corrected chi connectivity index (χ3v) is 2.97. The number of hydrogen-bond donors (Lipinski definition) is 0. The molecule has 0 atom stereocenters. The fourth-order valence-electron chi connectivity index (χ4n) is 1.41. The SMILES string of the molecule is C=CCOc1c(Br)cc(Cl)cc1C(C)(C)C. The molecule has 0 fully saturated rings. The Bertz CT molecular complexity index is 394. The first kappa shape index (κ1) is 13.6. The summed E-state index contributed by atoms with van der Waals surface area (Å²) in [6, 6.07) is 3.79. The van der Waals surface area contributed by atoms with E-state index in [2.05, 4.69) is 43.3 Å². The van der Waals surface area contributed by atoms with Gasteiger partial charge < -0.3 is 4.74 Å². The predicted molar refractivity (Wildman–Crippen MR) is 73.5 cm³/mol. The fraction of sp³-hybridized carbons (Fsp3) is 0.385. The molecular weight excluding hydrogens is 287 g/mol. The number of ether oxygens (including phenoxy) is 1. The van der Waals surface area contributed by atoms with Gasteiger partial charge in [-0.3, -0.25) is 0 Å². The average Bonchev–Trinajstić information content (AvgIpc) is 2.14. The second kappa shape index (κ2) is 5.24. The van der Waals surface area contributed by atoms with Crippen LogP contribution in [-0.4, -0.2) is 6.61 Å². The van der Waals surface area contributed by atoms with Gasteiger partial charge in [-0.15, -0.1) is 0 Å². The molecule has 1 rings (SSSR count). The van der Waals surface area contributed by atoms with Gasteiger partial charge >= 0.3 is 0 Å². The molecule has 0 N–H and O–H groups in total. The molecule has 16 heavy (non-hydrogen) atoms. The normalized spacial score (nSPS) is 11.3. The minimum atomic E-state index is -0.01000. The standard InChI is InChI=1S/C13H16BrClO/c1-5-6-16-12-10(13(2,3)4)7-9(15)8-11(12)14/h5,7-8H,1,6H2,2-4H3. The van der Waals surface area contributed by atoms with Gasteiger partial charge in [0.2, 0.25) is 0 Å². The first-order valence-corrected chi connectivity index (χ1v) is 6.26. The molecule has 0 aliphatic rings. The highest BCUT2D eigenvalue weighted by Gasteiger charge is 2.21. The summed E-state index contributed by atoms with van der Waals surface area (Å²) in [6.07, 6.45) is 1.73. The highest BCUT2D eigenvalue weighted by Crippen LogP contribution is 2.39. The van der Waals surface area contributed by atoms with E-state index in [-0.39, 0.29) is 5.41 Å². The molecule has 0 unspecified atom stereocenters. The minimum Gasteiger partial charge on any atom is -0.488 e. The van der Waals surface area contributed by atoms with E-state index in [1.807, 2.05) is 12.1 Å². The van der Waals surface area contributed by atoms with Crippen LogP contribution in [0.15, 0.2) is 29.3 Å². The van der Waals surface area contributed by atoms with E-state index in [1.165, 1.54) is 0 Å². The molecule has 0 radical (unpaired) electrons. The van der Waals surface area contributed by atoms with E-state index in [1.54, 1.807) is 6.08 Å². The molecule has 0 aliphatic carbocycles. The van der Waals surface area contributed by atoms with Gasteiger partial charge in [0, 0.05) is 10.6 Å². The summed E-state index contributed by atoms with van der Waals surface area (Å²) in [5.74, 6) is 0.844. The highest BCUT2D eigenvalue weighted by molar-refractivity contribution is 9.10. The zero-order valence-electron chi connectivity index (χ0n) is 9.81. The quantitative estimate of drug-likeness (QED) is 0.717. The van der Waals surface area contributed by atoms with Crippen molar-refractivity contribution in [1.82, 2.24) is 0 Å². The molecule has 0 saturated heterocycles. The van der Waals surface area contributed by atoms with Crippen molar-refractivity contribution in [1.29, 1.82) is 0 Å². The lowest BCUT2D eigenvalue weighted by Gasteiger charge is -2.23. The lowest BCUT2D eigenvalue weighted by Crippen LogP contribution is -2.14. The molecule has 0 bridgehead atoms. The van der Waals surface area contributed by atoms with Crippen molar-refractivity contribution in [3.05, 3.63) is 39.8 Å². The second-order valence-electron chi connectivity index (χ2n) is 4.61. The van der Waals surface area contributed by atoms with Crippen LogP contribution in [-0.2, 0) is 5.41 Å². The molecule has 88 valence electrons. The van der Waals surface area contributed by atoms with Crippen molar-refractivity contribution < 1.29 is 4.74 Å². The summed E-state index contributed by atoms with van der Waals surface area (Å²) < 4.78 is 6.56. The molecule has 0 aliphatic heterocycles.